The molecule has 0 aliphatic rings. The Bertz CT molecular complexity index is 370. The summed E-state index contributed by atoms with van der Waals surface area (Å²) in [5.41, 5.74) is 0.909. The molecule has 5 heteroatoms. The van der Waals surface area contributed by atoms with E-state index in [1.54, 1.807) is 26.1 Å². The molecule has 0 fully saturated rings. The quantitative estimate of drug-likeness (QED) is 0.767. The highest BCUT2D eigenvalue weighted by Gasteiger charge is 2.16. The number of aromatic amines is 1. The molecular weight excluding hydrogens is 210 g/mol. The molecule has 0 bridgehead atoms. The molecule has 0 amide bonds. The zero-order chi connectivity index (χ0) is 12.0. The van der Waals surface area contributed by atoms with Crippen LogP contribution in [0.3, 0.4) is 0 Å². The van der Waals surface area contributed by atoms with Gasteiger partial charge in [0.2, 0.25) is 0 Å². The Kier molecular flexibility index (Phi) is 4.57. The summed E-state index contributed by atoms with van der Waals surface area (Å²) in [5.74, 6) is -0.793. The normalized spacial score (nSPS) is 9.88. The summed E-state index contributed by atoms with van der Waals surface area (Å²) in [6, 6.07) is 1.59. The van der Waals surface area contributed by atoms with E-state index in [-0.39, 0.29) is 12.4 Å². The number of hydrogen-bond donors (Lipinski definition) is 1. The van der Waals surface area contributed by atoms with E-state index in [9.17, 15) is 9.59 Å². The minimum atomic E-state index is -0.428. The first-order valence-corrected chi connectivity index (χ1v) is 5.18. The summed E-state index contributed by atoms with van der Waals surface area (Å²) in [6.45, 7) is 4.10. The van der Waals surface area contributed by atoms with E-state index in [2.05, 4.69) is 4.98 Å². The number of ether oxygens (including phenoxy) is 2. The van der Waals surface area contributed by atoms with Crippen LogP contribution in [0.2, 0.25) is 0 Å². The third-order valence-electron chi connectivity index (χ3n) is 1.95. The lowest BCUT2D eigenvalue weighted by molar-refractivity contribution is -0.142. The van der Waals surface area contributed by atoms with Crippen LogP contribution in [0.1, 0.15) is 29.9 Å². The maximum atomic E-state index is 11.5. The topological polar surface area (TPSA) is 68.4 Å². The van der Waals surface area contributed by atoms with Crippen LogP contribution in [0.4, 0.5) is 0 Å². The molecule has 0 unspecified atom stereocenters. The van der Waals surface area contributed by atoms with Gasteiger partial charge in [-0.25, -0.2) is 4.79 Å². The lowest BCUT2D eigenvalue weighted by atomic mass is 10.2. The molecular formula is C11H15NO4. The standard InChI is InChI=1S/C11H15NO4/c1-3-15-10(13)7-9-8(5-6-12-9)11(14)16-4-2/h5-6,12H,3-4,7H2,1-2H3. The van der Waals surface area contributed by atoms with Gasteiger partial charge in [0.05, 0.1) is 25.2 Å². The van der Waals surface area contributed by atoms with Crippen LogP contribution in [0.25, 0.3) is 0 Å². The SMILES string of the molecule is CCOC(=O)Cc1[nH]ccc1C(=O)OCC. The number of carbonyl (C=O) groups is 2. The summed E-state index contributed by atoms with van der Waals surface area (Å²) in [4.78, 5) is 25.6. The lowest BCUT2D eigenvalue weighted by Gasteiger charge is -2.03. The zero-order valence-corrected chi connectivity index (χ0v) is 9.41. The molecule has 1 N–H and O–H groups in total. The molecule has 5 nitrogen and oxygen atoms in total. The van der Waals surface area contributed by atoms with Crippen LogP contribution in [-0.2, 0) is 20.7 Å². The van der Waals surface area contributed by atoms with Gasteiger partial charge in [-0.05, 0) is 19.9 Å². The van der Waals surface area contributed by atoms with E-state index in [1.807, 2.05) is 0 Å². The van der Waals surface area contributed by atoms with Crippen LogP contribution in [0.5, 0.6) is 0 Å². The number of nitrogens with one attached hydrogen (secondary N) is 1. The van der Waals surface area contributed by atoms with Gasteiger partial charge in [-0.2, -0.15) is 0 Å². The van der Waals surface area contributed by atoms with E-state index in [0.717, 1.165) is 0 Å². The van der Waals surface area contributed by atoms with Crippen LogP contribution in [-0.4, -0.2) is 30.1 Å². The second-order valence-electron chi connectivity index (χ2n) is 3.07. The second-order valence-corrected chi connectivity index (χ2v) is 3.07. The Balaban J connectivity index is 2.70. The van der Waals surface area contributed by atoms with Gasteiger partial charge in [0.15, 0.2) is 0 Å². The smallest absolute Gasteiger partial charge is 0.339 e. The first-order chi connectivity index (χ1) is 7.69. The largest absolute Gasteiger partial charge is 0.466 e. The number of H-pyrrole nitrogens is 1. The zero-order valence-electron chi connectivity index (χ0n) is 9.41. The van der Waals surface area contributed by atoms with Crippen molar-refractivity contribution in [3.63, 3.8) is 0 Å². The van der Waals surface area contributed by atoms with Crippen molar-refractivity contribution >= 4 is 11.9 Å². The molecule has 0 saturated heterocycles. The van der Waals surface area contributed by atoms with Crippen LogP contribution in [0.15, 0.2) is 12.3 Å². The van der Waals surface area contributed by atoms with Gasteiger partial charge in [0, 0.05) is 11.9 Å². The van der Waals surface area contributed by atoms with E-state index in [1.165, 1.54) is 0 Å². The minimum Gasteiger partial charge on any atom is -0.466 e. The Morgan fingerprint density at radius 1 is 1.25 bits per heavy atom. The molecule has 0 radical (unpaired) electrons. The summed E-state index contributed by atoms with van der Waals surface area (Å²) >= 11 is 0. The molecule has 1 aromatic heterocycles. The van der Waals surface area contributed by atoms with Gasteiger partial charge in [0.25, 0.3) is 0 Å². The van der Waals surface area contributed by atoms with Gasteiger partial charge in [-0.15, -0.1) is 0 Å². The van der Waals surface area contributed by atoms with Crippen molar-refractivity contribution in [3.8, 4) is 0 Å². The number of hydrogen-bond acceptors (Lipinski definition) is 4. The van der Waals surface area contributed by atoms with Gasteiger partial charge in [-0.1, -0.05) is 0 Å². The van der Waals surface area contributed by atoms with E-state index in [4.69, 9.17) is 9.47 Å². The predicted octanol–water partition coefficient (Wildman–Crippen LogP) is 1.30. The molecule has 1 heterocycles. The highest BCUT2D eigenvalue weighted by Crippen LogP contribution is 2.10. The van der Waals surface area contributed by atoms with E-state index in [0.29, 0.717) is 24.5 Å². The third kappa shape index (κ3) is 3.12. The van der Waals surface area contributed by atoms with Crippen LogP contribution in [0, 0.1) is 0 Å². The molecule has 0 aliphatic carbocycles. The average Bonchev–Trinajstić information content (AvgIpc) is 2.66. The van der Waals surface area contributed by atoms with Crippen molar-refractivity contribution in [2.45, 2.75) is 20.3 Å². The minimum absolute atomic E-state index is 0.0506. The number of esters is 2. The highest BCUT2D eigenvalue weighted by molar-refractivity contribution is 5.92. The van der Waals surface area contributed by atoms with Gasteiger partial charge in [0.1, 0.15) is 0 Å². The van der Waals surface area contributed by atoms with Gasteiger partial charge >= 0.3 is 11.9 Å². The first-order valence-electron chi connectivity index (χ1n) is 5.18. The van der Waals surface area contributed by atoms with E-state index >= 15 is 0 Å². The molecule has 0 aliphatic heterocycles. The number of aromatic nitrogens is 1. The maximum Gasteiger partial charge on any atom is 0.339 e. The summed E-state index contributed by atoms with van der Waals surface area (Å²) < 4.78 is 9.66. The Hall–Kier alpha value is -1.78. The molecule has 88 valence electrons. The molecule has 0 atom stereocenters. The lowest BCUT2D eigenvalue weighted by Crippen LogP contribution is -2.12. The molecule has 1 aromatic rings. The van der Waals surface area contributed by atoms with Crippen LogP contribution >= 0.6 is 0 Å². The van der Waals surface area contributed by atoms with Crippen molar-refractivity contribution in [2.24, 2.45) is 0 Å². The average molecular weight is 225 g/mol. The summed E-state index contributed by atoms with van der Waals surface area (Å²) in [6.07, 6.45) is 1.65. The van der Waals surface area contributed by atoms with Gasteiger partial charge in [-0.3, -0.25) is 4.79 Å². The van der Waals surface area contributed by atoms with Crippen molar-refractivity contribution < 1.29 is 19.1 Å². The molecule has 16 heavy (non-hydrogen) atoms. The van der Waals surface area contributed by atoms with Gasteiger partial charge < -0.3 is 14.5 Å². The Morgan fingerprint density at radius 2 is 1.94 bits per heavy atom. The fourth-order valence-electron chi connectivity index (χ4n) is 1.31. The fourth-order valence-corrected chi connectivity index (χ4v) is 1.31. The summed E-state index contributed by atoms with van der Waals surface area (Å²) in [7, 11) is 0. The molecule has 0 aromatic carbocycles. The maximum absolute atomic E-state index is 11.5. The summed E-state index contributed by atoms with van der Waals surface area (Å²) in [5, 5.41) is 0. The van der Waals surface area contributed by atoms with Crippen molar-refractivity contribution in [3.05, 3.63) is 23.5 Å². The third-order valence-corrected chi connectivity index (χ3v) is 1.95. The number of carbonyl (C=O) groups excluding carboxylic acids is 2. The predicted molar refractivity (Wildman–Crippen MR) is 57.1 cm³/mol. The van der Waals surface area contributed by atoms with Crippen molar-refractivity contribution in [1.82, 2.24) is 4.98 Å². The molecule has 0 saturated carbocycles. The van der Waals surface area contributed by atoms with Crippen molar-refractivity contribution in [1.29, 1.82) is 0 Å². The molecule has 1 rings (SSSR count). The van der Waals surface area contributed by atoms with E-state index < -0.39 is 5.97 Å². The first kappa shape index (κ1) is 12.3. The Labute approximate surface area is 93.7 Å². The second kappa shape index (κ2) is 5.95. The Morgan fingerprint density at radius 3 is 2.56 bits per heavy atom. The van der Waals surface area contributed by atoms with Crippen LogP contribution < -0.4 is 0 Å². The van der Waals surface area contributed by atoms with Crippen molar-refractivity contribution in [2.75, 3.05) is 13.2 Å². The fraction of sp³-hybridized carbons (Fsp3) is 0.455. The monoisotopic (exact) mass is 225 g/mol. The molecule has 0 spiro atoms. The highest BCUT2D eigenvalue weighted by atomic mass is 16.5. The number of rotatable bonds is 5.